The summed E-state index contributed by atoms with van der Waals surface area (Å²) in [5, 5.41) is 6.62. The molecule has 0 bridgehead atoms. The molecule has 2 aromatic carbocycles. The standard InChI is InChI=1S/C21H27N3O2.HI/c1-16-3-6-19(7-4-16)25-14-12-24-21(22-2)23-11-9-17-5-8-20-18(15-17)10-13-26-20;/h3-8,15H,9-14H2,1-2H3,(H2,22,23,24);1H. The molecule has 146 valence electrons. The molecule has 0 amide bonds. The minimum Gasteiger partial charge on any atom is -0.493 e. The Morgan fingerprint density at radius 2 is 1.89 bits per heavy atom. The molecule has 0 unspecified atom stereocenters. The number of benzene rings is 2. The zero-order valence-corrected chi connectivity index (χ0v) is 18.3. The Balaban J connectivity index is 0.00000261. The maximum atomic E-state index is 5.72. The van der Waals surface area contributed by atoms with Crippen LogP contribution in [-0.2, 0) is 12.8 Å². The number of hydrogen-bond acceptors (Lipinski definition) is 3. The Kier molecular flexibility index (Phi) is 8.71. The number of rotatable bonds is 7. The van der Waals surface area contributed by atoms with Crippen LogP contribution in [0.15, 0.2) is 47.5 Å². The monoisotopic (exact) mass is 481 g/mol. The van der Waals surface area contributed by atoms with E-state index in [1.807, 2.05) is 24.3 Å². The van der Waals surface area contributed by atoms with Crippen LogP contribution in [0.2, 0.25) is 0 Å². The van der Waals surface area contributed by atoms with E-state index in [4.69, 9.17) is 9.47 Å². The van der Waals surface area contributed by atoms with Crippen molar-refractivity contribution in [3.05, 3.63) is 59.2 Å². The second-order valence-electron chi connectivity index (χ2n) is 6.38. The number of aryl methyl sites for hydroxylation is 1. The zero-order valence-electron chi connectivity index (χ0n) is 16.0. The Morgan fingerprint density at radius 1 is 1.11 bits per heavy atom. The molecule has 0 saturated carbocycles. The maximum absolute atomic E-state index is 5.72. The predicted octanol–water partition coefficient (Wildman–Crippen LogP) is 3.33. The quantitative estimate of drug-likeness (QED) is 0.276. The number of nitrogens with one attached hydrogen (secondary N) is 2. The van der Waals surface area contributed by atoms with E-state index in [2.05, 4.69) is 40.7 Å². The highest BCUT2D eigenvalue weighted by molar-refractivity contribution is 14.0. The van der Waals surface area contributed by atoms with E-state index >= 15 is 0 Å². The Bertz CT molecular complexity index is 748. The molecule has 5 nitrogen and oxygen atoms in total. The van der Waals surface area contributed by atoms with E-state index in [1.54, 1.807) is 7.05 Å². The largest absolute Gasteiger partial charge is 0.493 e. The van der Waals surface area contributed by atoms with Gasteiger partial charge in [-0.25, -0.2) is 0 Å². The van der Waals surface area contributed by atoms with Gasteiger partial charge in [0.05, 0.1) is 13.2 Å². The minimum atomic E-state index is 0. The first-order chi connectivity index (χ1) is 12.7. The van der Waals surface area contributed by atoms with Crippen molar-refractivity contribution in [1.82, 2.24) is 10.6 Å². The highest BCUT2D eigenvalue weighted by Gasteiger charge is 2.11. The SMILES string of the molecule is CN=C(NCCOc1ccc(C)cc1)NCCc1ccc2c(c1)CCO2.I. The smallest absolute Gasteiger partial charge is 0.191 e. The molecule has 1 aliphatic heterocycles. The van der Waals surface area contributed by atoms with Crippen LogP contribution in [-0.4, -0.2) is 39.3 Å². The molecule has 2 N–H and O–H groups in total. The highest BCUT2D eigenvalue weighted by Crippen LogP contribution is 2.25. The molecule has 27 heavy (non-hydrogen) atoms. The first kappa shape index (κ1) is 21.3. The molecular weight excluding hydrogens is 453 g/mol. The maximum Gasteiger partial charge on any atom is 0.191 e. The van der Waals surface area contributed by atoms with Gasteiger partial charge in [0, 0.05) is 20.0 Å². The van der Waals surface area contributed by atoms with E-state index in [0.29, 0.717) is 13.2 Å². The van der Waals surface area contributed by atoms with Gasteiger partial charge in [-0.05, 0) is 42.7 Å². The predicted molar refractivity (Wildman–Crippen MR) is 121 cm³/mol. The minimum absolute atomic E-state index is 0. The van der Waals surface area contributed by atoms with Gasteiger partial charge >= 0.3 is 0 Å². The van der Waals surface area contributed by atoms with E-state index in [0.717, 1.165) is 43.5 Å². The number of ether oxygens (including phenoxy) is 2. The summed E-state index contributed by atoms with van der Waals surface area (Å²) in [4.78, 5) is 4.25. The summed E-state index contributed by atoms with van der Waals surface area (Å²) in [6.45, 7) is 4.99. The topological polar surface area (TPSA) is 54.9 Å². The molecule has 0 atom stereocenters. The molecule has 0 aliphatic carbocycles. The average molecular weight is 481 g/mol. The Hall–Kier alpha value is -1.96. The number of halogens is 1. The summed E-state index contributed by atoms with van der Waals surface area (Å²) >= 11 is 0. The molecule has 0 radical (unpaired) electrons. The van der Waals surface area contributed by atoms with Gasteiger partial charge < -0.3 is 20.1 Å². The molecule has 0 saturated heterocycles. The third kappa shape index (κ3) is 6.61. The second kappa shape index (κ2) is 11.0. The van der Waals surface area contributed by atoms with Crippen LogP contribution in [0.4, 0.5) is 0 Å². The molecule has 1 heterocycles. The first-order valence-electron chi connectivity index (χ1n) is 9.13. The lowest BCUT2D eigenvalue weighted by molar-refractivity contribution is 0.322. The highest BCUT2D eigenvalue weighted by atomic mass is 127. The summed E-state index contributed by atoms with van der Waals surface area (Å²) < 4.78 is 11.3. The Morgan fingerprint density at radius 3 is 2.67 bits per heavy atom. The van der Waals surface area contributed by atoms with Crippen molar-refractivity contribution in [2.75, 3.05) is 33.4 Å². The van der Waals surface area contributed by atoms with Crippen LogP contribution in [0.3, 0.4) is 0 Å². The lowest BCUT2D eigenvalue weighted by Gasteiger charge is -2.13. The number of fused-ring (bicyclic) bond motifs is 1. The molecular formula is C21H28IN3O2. The fourth-order valence-corrected chi connectivity index (χ4v) is 2.91. The fraction of sp³-hybridized carbons (Fsp3) is 0.381. The molecule has 0 fully saturated rings. The number of hydrogen-bond donors (Lipinski definition) is 2. The van der Waals surface area contributed by atoms with Crippen molar-refractivity contribution >= 4 is 29.9 Å². The normalized spacial score (nSPS) is 12.6. The van der Waals surface area contributed by atoms with Gasteiger partial charge in [0.1, 0.15) is 18.1 Å². The van der Waals surface area contributed by atoms with Crippen LogP contribution in [0.5, 0.6) is 11.5 Å². The summed E-state index contributed by atoms with van der Waals surface area (Å²) in [6.07, 6.45) is 1.97. The van der Waals surface area contributed by atoms with Gasteiger partial charge in [0.25, 0.3) is 0 Å². The lowest BCUT2D eigenvalue weighted by Crippen LogP contribution is -2.40. The van der Waals surface area contributed by atoms with Gasteiger partial charge in [-0.1, -0.05) is 29.8 Å². The summed E-state index contributed by atoms with van der Waals surface area (Å²) in [6, 6.07) is 14.5. The van der Waals surface area contributed by atoms with Crippen LogP contribution in [0.1, 0.15) is 16.7 Å². The third-order valence-corrected chi connectivity index (χ3v) is 4.37. The first-order valence-corrected chi connectivity index (χ1v) is 9.13. The molecule has 3 rings (SSSR count). The molecule has 0 spiro atoms. The zero-order chi connectivity index (χ0) is 18.2. The van der Waals surface area contributed by atoms with Crippen LogP contribution >= 0.6 is 24.0 Å². The van der Waals surface area contributed by atoms with E-state index < -0.39 is 0 Å². The van der Waals surface area contributed by atoms with Crippen LogP contribution < -0.4 is 20.1 Å². The third-order valence-electron chi connectivity index (χ3n) is 4.37. The van der Waals surface area contributed by atoms with Crippen molar-refractivity contribution in [1.29, 1.82) is 0 Å². The van der Waals surface area contributed by atoms with Gasteiger partial charge in [-0.2, -0.15) is 0 Å². The van der Waals surface area contributed by atoms with Gasteiger partial charge in [0.15, 0.2) is 5.96 Å². The lowest BCUT2D eigenvalue weighted by atomic mass is 10.1. The van der Waals surface area contributed by atoms with Crippen LogP contribution in [0, 0.1) is 6.92 Å². The second-order valence-corrected chi connectivity index (χ2v) is 6.38. The van der Waals surface area contributed by atoms with E-state index in [1.165, 1.54) is 16.7 Å². The van der Waals surface area contributed by atoms with Gasteiger partial charge in [-0.15, -0.1) is 24.0 Å². The summed E-state index contributed by atoms with van der Waals surface area (Å²) in [7, 11) is 1.78. The van der Waals surface area contributed by atoms with Crippen molar-refractivity contribution in [3.8, 4) is 11.5 Å². The van der Waals surface area contributed by atoms with Crippen LogP contribution in [0.25, 0.3) is 0 Å². The molecule has 2 aromatic rings. The fourth-order valence-electron chi connectivity index (χ4n) is 2.91. The number of aliphatic imine (C=N–C) groups is 1. The van der Waals surface area contributed by atoms with E-state index in [9.17, 15) is 0 Å². The molecule has 0 aromatic heterocycles. The average Bonchev–Trinajstić information content (AvgIpc) is 3.13. The molecule has 1 aliphatic rings. The van der Waals surface area contributed by atoms with Crippen molar-refractivity contribution in [2.45, 2.75) is 19.8 Å². The summed E-state index contributed by atoms with van der Waals surface area (Å²) in [5.41, 5.74) is 3.87. The Labute approximate surface area is 178 Å². The van der Waals surface area contributed by atoms with Gasteiger partial charge in [-0.3, -0.25) is 4.99 Å². The van der Waals surface area contributed by atoms with Crippen molar-refractivity contribution in [3.63, 3.8) is 0 Å². The van der Waals surface area contributed by atoms with Gasteiger partial charge in [0.2, 0.25) is 0 Å². The van der Waals surface area contributed by atoms with E-state index in [-0.39, 0.29) is 24.0 Å². The number of guanidine groups is 1. The van der Waals surface area contributed by atoms with Crippen molar-refractivity contribution in [2.24, 2.45) is 4.99 Å². The summed E-state index contributed by atoms with van der Waals surface area (Å²) in [5.74, 6) is 2.72. The molecule has 6 heteroatoms. The number of nitrogens with zero attached hydrogens (tertiary/aromatic N) is 1. The van der Waals surface area contributed by atoms with Crippen molar-refractivity contribution < 1.29 is 9.47 Å².